The van der Waals surface area contributed by atoms with Crippen molar-refractivity contribution in [3.8, 4) is 0 Å². The Morgan fingerprint density at radius 3 is 2.14 bits per heavy atom. The van der Waals surface area contributed by atoms with Gasteiger partial charge in [0.05, 0.1) is 11.6 Å². The van der Waals surface area contributed by atoms with E-state index in [1.165, 1.54) is 22.0 Å². The van der Waals surface area contributed by atoms with Gasteiger partial charge in [-0.05, 0) is 60.9 Å². The molecule has 190 valence electrons. The summed E-state index contributed by atoms with van der Waals surface area (Å²) in [5.41, 5.74) is 2.29. The third kappa shape index (κ3) is 6.88. The van der Waals surface area contributed by atoms with Crippen LogP contribution < -0.4 is 0 Å². The van der Waals surface area contributed by atoms with Crippen LogP contribution in [0, 0.1) is 5.92 Å². The Balaban J connectivity index is 1.46. The molecule has 0 atom stereocenters. The van der Waals surface area contributed by atoms with Crippen LogP contribution in [0.5, 0.6) is 0 Å². The Bertz CT molecular complexity index is 1260. The summed E-state index contributed by atoms with van der Waals surface area (Å²) in [5, 5.41) is 0.353. The zero-order chi connectivity index (χ0) is 25.5. The average molecular weight is 546 g/mol. The molecule has 0 radical (unpaired) electrons. The second-order valence-corrected chi connectivity index (χ2v) is 11.9. The molecule has 36 heavy (non-hydrogen) atoms. The molecule has 5 nitrogen and oxygen atoms in total. The highest BCUT2D eigenvalue weighted by Gasteiger charge is 2.31. The molecule has 1 saturated heterocycles. The van der Waals surface area contributed by atoms with Crippen molar-refractivity contribution in [3.63, 3.8) is 0 Å². The van der Waals surface area contributed by atoms with Gasteiger partial charge < -0.3 is 4.90 Å². The molecule has 0 aliphatic carbocycles. The topological polar surface area (TPSA) is 57.7 Å². The number of piperidine rings is 1. The van der Waals surface area contributed by atoms with Crippen LogP contribution in [0.1, 0.15) is 24.0 Å². The molecular weight excluding hydrogens is 515 g/mol. The molecule has 0 N–H and O–H groups in total. The first kappa shape index (κ1) is 26.7. The van der Waals surface area contributed by atoms with Gasteiger partial charge in [0.1, 0.15) is 4.90 Å². The Morgan fingerprint density at radius 2 is 1.50 bits per heavy atom. The molecule has 0 saturated carbocycles. The predicted molar refractivity (Wildman–Crippen MR) is 145 cm³/mol. The van der Waals surface area contributed by atoms with Gasteiger partial charge in [-0.3, -0.25) is 4.79 Å². The highest BCUT2D eigenvalue weighted by Crippen LogP contribution is 2.28. The molecule has 0 aromatic heterocycles. The lowest BCUT2D eigenvalue weighted by atomic mass is 9.90. The minimum absolute atomic E-state index is 0.0817. The van der Waals surface area contributed by atoms with E-state index in [1.54, 1.807) is 11.0 Å². The molecule has 3 aromatic rings. The van der Waals surface area contributed by atoms with E-state index in [9.17, 15) is 13.2 Å². The van der Waals surface area contributed by atoms with Gasteiger partial charge in [-0.1, -0.05) is 83.9 Å². The first-order valence-corrected chi connectivity index (χ1v) is 14.3. The number of carbonyl (C=O) groups is 1. The standard InChI is InChI=1S/C28H30Cl2N2O3S/c29-25-11-12-26(30)27(20-25)36(34,35)32(18-15-22-7-3-1-4-8-22)21-28(33)31-16-13-24(14-17-31)19-23-9-5-2-6-10-23/h1-12,20,24H,13-19,21H2. The fourth-order valence-corrected chi connectivity index (χ4v) is 6.71. The monoisotopic (exact) mass is 544 g/mol. The van der Waals surface area contributed by atoms with E-state index in [1.807, 2.05) is 48.5 Å². The Kier molecular flexibility index (Phi) is 9.07. The van der Waals surface area contributed by atoms with Gasteiger partial charge in [-0.25, -0.2) is 8.42 Å². The van der Waals surface area contributed by atoms with Crippen LogP contribution in [-0.4, -0.2) is 49.7 Å². The lowest BCUT2D eigenvalue weighted by molar-refractivity contribution is -0.132. The molecular formula is C28H30Cl2N2O3S. The minimum Gasteiger partial charge on any atom is -0.342 e. The Labute approximate surface area is 223 Å². The lowest BCUT2D eigenvalue weighted by Gasteiger charge is -2.33. The first-order chi connectivity index (χ1) is 17.3. The van der Waals surface area contributed by atoms with Crippen molar-refractivity contribution in [1.82, 2.24) is 9.21 Å². The van der Waals surface area contributed by atoms with E-state index in [4.69, 9.17) is 23.2 Å². The van der Waals surface area contributed by atoms with Gasteiger partial charge in [0.2, 0.25) is 15.9 Å². The van der Waals surface area contributed by atoms with Crippen LogP contribution in [0.15, 0.2) is 83.8 Å². The summed E-state index contributed by atoms with van der Waals surface area (Å²) in [6, 6.07) is 24.3. The maximum absolute atomic E-state index is 13.6. The number of halogens is 2. The van der Waals surface area contributed by atoms with E-state index in [0.717, 1.165) is 24.8 Å². The highest BCUT2D eigenvalue weighted by molar-refractivity contribution is 7.89. The lowest BCUT2D eigenvalue weighted by Crippen LogP contribution is -2.46. The van der Waals surface area contributed by atoms with Crippen molar-refractivity contribution in [1.29, 1.82) is 0 Å². The molecule has 3 aromatic carbocycles. The largest absolute Gasteiger partial charge is 0.342 e. The second kappa shape index (κ2) is 12.2. The Morgan fingerprint density at radius 1 is 0.889 bits per heavy atom. The van der Waals surface area contributed by atoms with Crippen molar-refractivity contribution in [2.45, 2.75) is 30.6 Å². The summed E-state index contributed by atoms with van der Waals surface area (Å²) < 4.78 is 28.5. The minimum atomic E-state index is -4.04. The Hall–Kier alpha value is -2.38. The number of rotatable bonds is 9. The quantitative estimate of drug-likeness (QED) is 0.346. The molecule has 1 heterocycles. The fraction of sp³-hybridized carbons (Fsp3) is 0.321. The summed E-state index contributed by atoms with van der Waals surface area (Å²) in [7, 11) is -4.04. The first-order valence-electron chi connectivity index (χ1n) is 12.1. The van der Waals surface area contributed by atoms with Gasteiger partial charge in [0.15, 0.2) is 0 Å². The number of benzene rings is 3. The SMILES string of the molecule is O=C(CN(CCc1ccccc1)S(=O)(=O)c1cc(Cl)ccc1Cl)N1CCC(Cc2ccccc2)CC1. The predicted octanol–water partition coefficient (Wildman–Crippen LogP) is 5.71. The molecule has 1 fully saturated rings. The van der Waals surface area contributed by atoms with E-state index >= 15 is 0 Å². The normalized spacial score (nSPS) is 14.8. The zero-order valence-corrected chi connectivity index (χ0v) is 22.4. The van der Waals surface area contributed by atoms with Crippen LogP contribution in [0.25, 0.3) is 0 Å². The third-order valence-corrected chi connectivity index (χ3v) is 9.21. The van der Waals surface area contributed by atoms with Crippen LogP contribution in [0.3, 0.4) is 0 Å². The average Bonchev–Trinajstić information content (AvgIpc) is 2.89. The van der Waals surface area contributed by atoms with E-state index in [0.29, 0.717) is 25.4 Å². The molecule has 0 unspecified atom stereocenters. The van der Waals surface area contributed by atoms with Crippen molar-refractivity contribution >= 4 is 39.1 Å². The van der Waals surface area contributed by atoms with Gasteiger partial charge in [0.25, 0.3) is 0 Å². The number of sulfonamides is 1. The van der Waals surface area contributed by atoms with E-state index in [2.05, 4.69) is 12.1 Å². The van der Waals surface area contributed by atoms with Gasteiger partial charge in [-0.2, -0.15) is 4.31 Å². The summed E-state index contributed by atoms with van der Waals surface area (Å²) in [5.74, 6) is 0.322. The summed E-state index contributed by atoms with van der Waals surface area (Å²) >= 11 is 12.3. The highest BCUT2D eigenvalue weighted by atomic mass is 35.5. The third-order valence-electron chi connectivity index (χ3n) is 6.65. The van der Waals surface area contributed by atoms with Gasteiger partial charge in [0, 0.05) is 24.7 Å². The van der Waals surface area contributed by atoms with Gasteiger partial charge in [-0.15, -0.1) is 0 Å². The molecule has 8 heteroatoms. The molecule has 0 bridgehead atoms. The number of carbonyl (C=O) groups excluding carboxylic acids is 1. The van der Waals surface area contributed by atoms with E-state index in [-0.39, 0.29) is 33.9 Å². The summed E-state index contributed by atoms with van der Waals surface area (Å²) in [4.78, 5) is 15.0. The number of amides is 1. The van der Waals surface area contributed by atoms with Crippen LogP contribution in [-0.2, 0) is 27.7 Å². The van der Waals surface area contributed by atoms with Gasteiger partial charge >= 0.3 is 0 Å². The van der Waals surface area contributed by atoms with Crippen molar-refractivity contribution in [2.75, 3.05) is 26.2 Å². The number of hydrogen-bond acceptors (Lipinski definition) is 3. The molecule has 1 aliphatic heterocycles. The van der Waals surface area contributed by atoms with Crippen LogP contribution in [0.4, 0.5) is 0 Å². The molecule has 0 spiro atoms. The number of nitrogens with zero attached hydrogens (tertiary/aromatic N) is 2. The fourth-order valence-electron chi connectivity index (χ4n) is 4.58. The molecule has 4 rings (SSSR count). The molecule has 1 amide bonds. The molecule has 1 aliphatic rings. The zero-order valence-electron chi connectivity index (χ0n) is 20.0. The number of likely N-dealkylation sites (tertiary alicyclic amines) is 1. The van der Waals surface area contributed by atoms with Crippen LogP contribution in [0.2, 0.25) is 10.0 Å². The summed E-state index contributed by atoms with van der Waals surface area (Å²) in [6.07, 6.45) is 3.27. The van der Waals surface area contributed by atoms with E-state index < -0.39 is 10.0 Å². The van der Waals surface area contributed by atoms with Crippen molar-refractivity contribution in [3.05, 3.63) is 100 Å². The second-order valence-electron chi connectivity index (χ2n) is 9.16. The van der Waals surface area contributed by atoms with Crippen molar-refractivity contribution in [2.24, 2.45) is 5.92 Å². The number of hydrogen-bond donors (Lipinski definition) is 0. The van der Waals surface area contributed by atoms with Crippen molar-refractivity contribution < 1.29 is 13.2 Å². The maximum Gasteiger partial charge on any atom is 0.245 e. The summed E-state index contributed by atoms with van der Waals surface area (Å²) in [6.45, 7) is 1.18. The smallest absolute Gasteiger partial charge is 0.245 e. The maximum atomic E-state index is 13.6. The van der Waals surface area contributed by atoms with Crippen LogP contribution >= 0.6 is 23.2 Å².